The Bertz CT molecular complexity index is 459. The summed E-state index contributed by atoms with van der Waals surface area (Å²) in [6, 6.07) is 7.57. The molecule has 0 heterocycles. The number of methoxy groups -OCH3 is 1. The Kier molecular flexibility index (Phi) is 8.95. The largest absolute Gasteiger partial charge is 1.00 e. The SMILES string of the molecule is COC(=O)/C=C(\C)N[C@@H](C(=O)[O-])c1ccccc1.[K+]. The van der Waals surface area contributed by atoms with Gasteiger partial charge in [0, 0.05) is 11.8 Å². The Labute approximate surface area is 154 Å². The van der Waals surface area contributed by atoms with Crippen LogP contribution in [0.2, 0.25) is 0 Å². The predicted molar refractivity (Wildman–Crippen MR) is 63.1 cm³/mol. The summed E-state index contributed by atoms with van der Waals surface area (Å²) in [5.41, 5.74) is 0.940. The van der Waals surface area contributed by atoms with Crippen molar-refractivity contribution in [3.63, 3.8) is 0 Å². The van der Waals surface area contributed by atoms with Crippen LogP contribution in [0.15, 0.2) is 42.1 Å². The number of rotatable bonds is 5. The molecular formula is C13H14KNO4. The summed E-state index contributed by atoms with van der Waals surface area (Å²) in [6.45, 7) is 1.58. The maximum absolute atomic E-state index is 11.1. The second-order valence-corrected chi connectivity index (χ2v) is 3.66. The maximum Gasteiger partial charge on any atom is 1.00 e. The fraction of sp³-hybridized carbons (Fsp3) is 0.231. The van der Waals surface area contributed by atoms with E-state index in [9.17, 15) is 14.7 Å². The molecule has 5 nitrogen and oxygen atoms in total. The molecule has 0 spiro atoms. The summed E-state index contributed by atoms with van der Waals surface area (Å²) in [5.74, 6) is -1.82. The van der Waals surface area contributed by atoms with Crippen LogP contribution in [0.1, 0.15) is 18.5 Å². The van der Waals surface area contributed by atoms with E-state index >= 15 is 0 Å². The van der Waals surface area contributed by atoms with Crippen molar-refractivity contribution < 1.29 is 70.8 Å². The molecule has 1 aromatic rings. The summed E-state index contributed by atoms with van der Waals surface area (Å²) in [5, 5.41) is 13.8. The normalized spacial score (nSPS) is 12.0. The zero-order chi connectivity index (χ0) is 13.5. The molecule has 1 aromatic carbocycles. The van der Waals surface area contributed by atoms with Crippen molar-refractivity contribution in [3.8, 4) is 0 Å². The zero-order valence-electron chi connectivity index (χ0n) is 11.2. The van der Waals surface area contributed by atoms with Crippen molar-refractivity contribution in [2.24, 2.45) is 0 Å². The number of carboxylic acids is 1. The molecule has 1 N–H and O–H groups in total. The van der Waals surface area contributed by atoms with E-state index in [0.29, 0.717) is 11.3 Å². The van der Waals surface area contributed by atoms with E-state index in [2.05, 4.69) is 10.1 Å². The predicted octanol–water partition coefficient (Wildman–Crippen LogP) is -2.85. The minimum Gasteiger partial charge on any atom is -0.548 e. The van der Waals surface area contributed by atoms with Gasteiger partial charge in [-0.15, -0.1) is 0 Å². The number of hydrogen-bond donors (Lipinski definition) is 1. The number of aliphatic carboxylic acids is 1. The molecule has 0 aromatic heterocycles. The zero-order valence-corrected chi connectivity index (χ0v) is 14.3. The number of carboxylic acid groups (broad SMARTS) is 1. The van der Waals surface area contributed by atoms with Gasteiger partial charge in [0.2, 0.25) is 0 Å². The Morgan fingerprint density at radius 2 is 1.89 bits per heavy atom. The molecule has 0 aliphatic rings. The van der Waals surface area contributed by atoms with E-state index in [1.807, 2.05) is 0 Å². The van der Waals surface area contributed by atoms with E-state index in [4.69, 9.17) is 0 Å². The third kappa shape index (κ3) is 6.35. The van der Waals surface area contributed by atoms with Crippen LogP contribution in [0.5, 0.6) is 0 Å². The molecule has 0 saturated carbocycles. The van der Waals surface area contributed by atoms with Gasteiger partial charge in [-0.1, -0.05) is 30.3 Å². The molecular weight excluding hydrogens is 273 g/mol. The summed E-state index contributed by atoms with van der Waals surface area (Å²) in [7, 11) is 1.25. The van der Waals surface area contributed by atoms with E-state index in [-0.39, 0.29) is 51.4 Å². The Morgan fingerprint density at radius 1 is 1.32 bits per heavy atom. The molecule has 0 bridgehead atoms. The van der Waals surface area contributed by atoms with Crippen molar-refractivity contribution >= 4 is 11.9 Å². The first-order chi connectivity index (χ1) is 8.54. The first-order valence-corrected chi connectivity index (χ1v) is 5.33. The smallest absolute Gasteiger partial charge is 0.548 e. The van der Waals surface area contributed by atoms with Crippen molar-refractivity contribution in [1.82, 2.24) is 5.32 Å². The van der Waals surface area contributed by atoms with Crippen LogP contribution in [-0.4, -0.2) is 19.0 Å². The number of carbonyl (C=O) groups excluding carboxylic acids is 2. The Hall–Kier alpha value is -0.664. The van der Waals surface area contributed by atoms with Crippen LogP contribution < -0.4 is 61.8 Å². The van der Waals surface area contributed by atoms with Crippen LogP contribution in [-0.2, 0) is 14.3 Å². The second-order valence-electron chi connectivity index (χ2n) is 3.66. The van der Waals surface area contributed by atoms with Gasteiger partial charge in [-0.2, -0.15) is 0 Å². The van der Waals surface area contributed by atoms with Gasteiger partial charge < -0.3 is 20.0 Å². The summed E-state index contributed by atoms with van der Waals surface area (Å²) < 4.78 is 4.45. The standard InChI is InChI=1S/C13H15NO4.K/c1-9(8-11(15)18-2)14-12(13(16)17)10-6-4-3-5-7-10;/h3-8,12,14H,1-2H3,(H,16,17);/q;+1/p-1/b9-8+;/t12-;/m1./s1. The summed E-state index contributed by atoms with van der Waals surface area (Å²) >= 11 is 0. The fourth-order valence-electron chi connectivity index (χ4n) is 1.43. The van der Waals surface area contributed by atoms with Crippen LogP contribution in [0.4, 0.5) is 0 Å². The van der Waals surface area contributed by atoms with Crippen LogP contribution in [0.3, 0.4) is 0 Å². The Balaban J connectivity index is 0.00000324. The molecule has 0 radical (unpaired) electrons. The van der Waals surface area contributed by atoms with Crippen LogP contribution in [0, 0.1) is 0 Å². The maximum atomic E-state index is 11.1. The quantitative estimate of drug-likeness (QED) is 0.358. The van der Waals surface area contributed by atoms with Gasteiger partial charge in [0.1, 0.15) is 0 Å². The fourth-order valence-corrected chi connectivity index (χ4v) is 1.43. The average Bonchev–Trinajstić information content (AvgIpc) is 2.36. The molecule has 0 fully saturated rings. The molecule has 0 amide bonds. The summed E-state index contributed by atoms with van der Waals surface area (Å²) in [6.07, 6.45) is 1.18. The van der Waals surface area contributed by atoms with E-state index in [1.54, 1.807) is 37.3 Å². The first kappa shape index (κ1) is 18.3. The third-order valence-corrected chi connectivity index (χ3v) is 2.28. The minimum atomic E-state index is -1.26. The average molecular weight is 287 g/mol. The van der Waals surface area contributed by atoms with Gasteiger partial charge in [-0.05, 0) is 12.5 Å². The molecule has 0 saturated heterocycles. The number of carbonyl (C=O) groups is 2. The minimum absolute atomic E-state index is 0. The number of hydrogen-bond acceptors (Lipinski definition) is 5. The number of benzene rings is 1. The van der Waals surface area contributed by atoms with Crippen molar-refractivity contribution in [2.75, 3.05) is 7.11 Å². The van der Waals surface area contributed by atoms with Crippen molar-refractivity contribution in [3.05, 3.63) is 47.7 Å². The molecule has 1 rings (SSSR count). The molecule has 0 aliphatic carbocycles. The first-order valence-electron chi connectivity index (χ1n) is 5.33. The Morgan fingerprint density at radius 3 is 2.37 bits per heavy atom. The summed E-state index contributed by atoms with van der Waals surface area (Å²) in [4.78, 5) is 22.1. The molecule has 1 atom stereocenters. The van der Waals surface area contributed by atoms with Crippen molar-refractivity contribution in [2.45, 2.75) is 13.0 Å². The van der Waals surface area contributed by atoms with Crippen LogP contribution in [0.25, 0.3) is 0 Å². The van der Waals surface area contributed by atoms with Gasteiger partial charge in [0.15, 0.2) is 0 Å². The van der Waals surface area contributed by atoms with Gasteiger partial charge >= 0.3 is 57.4 Å². The molecule has 96 valence electrons. The van der Waals surface area contributed by atoms with Gasteiger partial charge in [0.05, 0.1) is 19.1 Å². The molecule has 0 aliphatic heterocycles. The topological polar surface area (TPSA) is 78.5 Å². The number of nitrogens with one attached hydrogen (secondary N) is 1. The van der Waals surface area contributed by atoms with Gasteiger partial charge in [-0.25, -0.2) is 4.79 Å². The number of esters is 1. The van der Waals surface area contributed by atoms with Crippen molar-refractivity contribution in [1.29, 1.82) is 0 Å². The van der Waals surface area contributed by atoms with E-state index < -0.39 is 18.0 Å². The molecule has 19 heavy (non-hydrogen) atoms. The number of ether oxygens (including phenoxy) is 1. The molecule has 0 unspecified atom stereocenters. The molecule has 6 heteroatoms. The third-order valence-electron chi connectivity index (χ3n) is 2.28. The van der Waals surface area contributed by atoms with Gasteiger partial charge in [-0.3, -0.25) is 0 Å². The van der Waals surface area contributed by atoms with Gasteiger partial charge in [0.25, 0.3) is 0 Å². The van der Waals surface area contributed by atoms with Crippen LogP contribution >= 0.6 is 0 Å². The van der Waals surface area contributed by atoms with E-state index in [1.165, 1.54) is 13.2 Å². The monoisotopic (exact) mass is 287 g/mol. The second kappa shape index (κ2) is 9.27. The number of allylic oxidation sites excluding steroid dienone is 1. The van der Waals surface area contributed by atoms with E-state index in [0.717, 1.165) is 0 Å².